The van der Waals surface area contributed by atoms with E-state index in [0.717, 1.165) is 0 Å². The van der Waals surface area contributed by atoms with E-state index >= 15 is 0 Å². The number of ether oxygens (including phenoxy) is 1. The topological polar surface area (TPSA) is 58.6 Å². The van der Waals surface area contributed by atoms with Gasteiger partial charge in [-0.1, -0.05) is 24.3 Å². The molecule has 114 valence electrons. The number of nitrogens with one attached hydrogen (secondary N) is 1. The van der Waals surface area contributed by atoms with Gasteiger partial charge in [-0.3, -0.25) is 4.79 Å². The van der Waals surface area contributed by atoms with Gasteiger partial charge in [0, 0.05) is 12.0 Å². The fourth-order valence-electron chi connectivity index (χ4n) is 2.70. The minimum atomic E-state index is -0.992. The van der Waals surface area contributed by atoms with Gasteiger partial charge in [0.25, 0.3) is 0 Å². The van der Waals surface area contributed by atoms with Gasteiger partial charge < -0.3 is 15.2 Å². The van der Waals surface area contributed by atoms with E-state index in [2.05, 4.69) is 5.32 Å². The number of halogens is 1. The van der Waals surface area contributed by atoms with E-state index in [4.69, 9.17) is 4.74 Å². The van der Waals surface area contributed by atoms with Gasteiger partial charge in [0.1, 0.15) is 17.7 Å². The number of amides is 1. The van der Waals surface area contributed by atoms with E-state index in [1.807, 2.05) is 0 Å². The number of aryl methyl sites for hydroxylation is 1. The summed E-state index contributed by atoms with van der Waals surface area (Å²) in [7, 11) is 1.52. The van der Waals surface area contributed by atoms with Crippen molar-refractivity contribution >= 4 is 11.6 Å². The Hall–Kier alpha value is -2.40. The Kier molecular flexibility index (Phi) is 3.81. The van der Waals surface area contributed by atoms with Gasteiger partial charge in [0.05, 0.1) is 12.8 Å². The largest absolute Gasteiger partial charge is 0.496 e. The number of methoxy groups -OCH3 is 1. The minimum absolute atomic E-state index is 0.190. The molecule has 0 aliphatic carbocycles. The van der Waals surface area contributed by atoms with Crippen LogP contribution < -0.4 is 10.1 Å². The van der Waals surface area contributed by atoms with Crippen LogP contribution in [0.5, 0.6) is 5.75 Å². The van der Waals surface area contributed by atoms with Gasteiger partial charge in [-0.05, 0) is 29.7 Å². The van der Waals surface area contributed by atoms with Crippen molar-refractivity contribution in [2.24, 2.45) is 0 Å². The zero-order valence-electron chi connectivity index (χ0n) is 12.1. The van der Waals surface area contributed by atoms with Crippen molar-refractivity contribution in [1.82, 2.24) is 0 Å². The maximum atomic E-state index is 14.2. The molecule has 0 saturated carbocycles. The molecule has 2 N–H and O–H groups in total. The summed E-state index contributed by atoms with van der Waals surface area (Å²) in [5.41, 5.74) is 1.93. The summed E-state index contributed by atoms with van der Waals surface area (Å²) in [6.45, 7) is 0. The van der Waals surface area contributed by atoms with Crippen LogP contribution in [0.15, 0.2) is 36.4 Å². The number of hydrogen-bond acceptors (Lipinski definition) is 3. The smallest absolute Gasteiger partial charge is 0.224 e. The van der Waals surface area contributed by atoms with Gasteiger partial charge in [0.2, 0.25) is 5.91 Å². The second-order valence-corrected chi connectivity index (χ2v) is 5.23. The number of aliphatic hydroxyl groups is 1. The summed E-state index contributed by atoms with van der Waals surface area (Å²) in [4.78, 5) is 11.4. The quantitative estimate of drug-likeness (QED) is 0.916. The highest BCUT2D eigenvalue weighted by atomic mass is 19.1. The number of carbonyl (C=O) groups excluding carboxylic acids is 1. The lowest BCUT2D eigenvalue weighted by atomic mass is 9.94. The molecule has 1 aliphatic heterocycles. The number of para-hydroxylation sites is 1. The van der Waals surface area contributed by atoms with Gasteiger partial charge in [0.15, 0.2) is 0 Å². The predicted molar refractivity (Wildman–Crippen MR) is 80.4 cm³/mol. The average molecular weight is 301 g/mol. The van der Waals surface area contributed by atoms with Crippen molar-refractivity contribution < 1.29 is 19.0 Å². The van der Waals surface area contributed by atoms with Gasteiger partial charge in [-0.15, -0.1) is 0 Å². The molecule has 5 heteroatoms. The SMILES string of the molecule is COc1ccccc1C(O)c1cc(F)c2c(c1)CCC(=O)N2. The Morgan fingerprint density at radius 3 is 2.82 bits per heavy atom. The van der Waals surface area contributed by atoms with Gasteiger partial charge in [-0.2, -0.15) is 0 Å². The van der Waals surface area contributed by atoms with Gasteiger partial charge in [-0.25, -0.2) is 4.39 Å². The molecule has 22 heavy (non-hydrogen) atoms. The van der Waals surface area contributed by atoms with Crippen molar-refractivity contribution in [3.05, 3.63) is 58.9 Å². The Balaban J connectivity index is 2.02. The average Bonchev–Trinajstić information content (AvgIpc) is 2.54. The summed E-state index contributed by atoms with van der Waals surface area (Å²) in [6.07, 6.45) is -0.209. The van der Waals surface area contributed by atoms with Crippen molar-refractivity contribution in [3.8, 4) is 5.75 Å². The number of hydrogen-bond donors (Lipinski definition) is 2. The van der Waals surface area contributed by atoms with Crippen molar-refractivity contribution in [1.29, 1.82) is 0 Å². The van der Waals surface area contributed by atoms with Crippen molar-refractivity contribution in [2.75, 3.05) is 12.4 Å². The summed E-state index contributed by atoms with van der Waals surface area (Å²) >= 11 is 0. The summed E-state index contributed by atoms with van der Waals surface area (Å²) < 4.78 is 19.4. The first kappa shape index (κ1) is 14.5. The van der Waals surface area contributed by atoms with Crippen LogP contribution in [0.3, 0.4) is 0 Å². The minimum Gasteiger partial charge on any atom is -0.496 e. The van der Waals surface area contributed by atoms with Crippen LogP contribution in [-0.2, 0) is 11.2 Å². The number of rotatable bonds is 3. The van der Waals surface area contributed by atoms with Crippen LogP contribution in [0.1, 0.15) is 29.2 Å². The number of aliphatic hydroxyl groups excluding tert-OH is 1. The molecule has 4 nitrogen and oxygen atoms in total. The maximum absolute atomic E-state index is 14.2. The van der Waals surface area contributed by atoms with E-state index in [1.165, 1.54) is 13.2 Å². The lowest BCUT2D eigenvalue weighted by Gasteiger charge is -2.21. The zero-order chi connectivity index (χ0) is 15.7. The van der Waals surface area contributed by atoms with Crippen LogP contribution in [0, 0.1) is 5.82 Å². The first-order valence-electron chi connectivity index (χ1n) is 7.03. The third kappa shape index (κ3) is 2.55. The molecule has 0 aromatic heterocycles. The molecule has 1 amide bonds. The van der Waals surface area contributed by atoms with E-state index in [0.29, 0.717) is 35.3 Å². The molecule has 1 unspecified atom stereocenters. The first-order valence-corrected chi connectivity index (χ1v) is 7.03. The fourth-order valence-corrected chi connectivity index (χ4v) is 2.70. The molecule has 0 saturated heterocycles. The molecule has 3 rings (SSSR count). The molecular formula is C17H16FNO3. The number of anilines is 1. The van der Waals surface area contributed by atoms with Crippen LogP contribution >= 0.6 is 0 Å². The molecule has 1 heterocycles. The summed E-state index contributed by atoms with van der Waals surface area (Å²) in [5, 5.41) is 13.1. The van der Waals surface area contributed by atoms with E-state index in [1.54, 1.807) is 30.3 Å². The predicted octanol–water partition coefficient (Wildman–Crippen LogP) is 2.80. The Morgan fingerprint density at radius 1 is 1.27 bits per heavy atom. The molecule has 0 spiro atoms. The Bertz CT molecular complexity index is 730. The molecule has 1 aliphatic rings. The van der Waals surface area contributed by atoms with E-state index in [9.17, 15) is 14.3 Å². The molecule has 0 radical (unpaired) electrons. The number of carbonyl (C=O) groups is 1. The third-order valence-electron chi connectivity index (χ3n) is 3.83. The lowest BCUT2D eigenvalue weighted by molar-refractivity contribution is -0.116. The Labute approximate surface area is 127 Å². The normalized spacial score (nSPS) is 15.0. The van der Waals surface area contributed by atoms with Crippen LogP contribution in [0.25, 0.3) is 0 Å². The maximum Gasteiger partial charge on any atom is 0.224 e. The molecule has 2 aromatic rings. The standard InChI is InChI=1S/C17H16FNO3/c1-22-14-5-3-2-4-12(14)17(21)11-8-10-6-7-15(20)19-16(10)13(18)9-11/h2-5,8-9,17,21H,6-7H2,1H3,(H,19,20). The van der Waals surface area contributed by atoms with Crippen molar-refractivity contribution in [2.45, 2.75) is 18.9 Å². The van der Waals surface area contributed by atoms with Crippen LogP contribution in [-0.4, -0.2) is 18.1 Å². The number of benzene rings is 2. The van der Waals surface area contributed by atoms with Crippen LogP contribution in [0.4, 0.5) is 10.1 Å². The second-order valence-electron chi connectivity index (χ2n) is 5.23. The third-order valence-corrected chi connectivity index (χ3v) is 3.83. The highest BCUT2D eigenvalue weighted by molar-refractivity contribution is 5.94. The highest BCUT2D eigenvalue weighted by Crippen LogP contribution is 2.34. The molecule has 1 atom stereocenters. The fraction of sp³-hybridized carbons (Fsp3) is 0.235. The van der Waals surface area contributed by atoms with Crippen LogP contribution in [0.2, 0.25) is 0 Å². The van der Waals surface area contributed by atoms with Crippen molar-refractivity contribution in [3.63, 3.8) is 0 Å². The van der Waals surface area contributed by atoms with E-state index < -0.39 is 11.9 Å². The monoisotopic (exact) mass is 301 g/mol. The Morgan fingerprint density at radius 2 is 2.05 bits per heavy atom. The number of fused-ring (bicyclic) bond motifs is 1. The molecule has 0 fully saturated rings. The second kappa shape index (κ2) is 5.77. The highest BCUT2D eigenvalue weighted by Gasteiger charge is 2.22. The molecular weight excluding hydrogens is 285 g/mol. The molecule has 0 bridgehead atoms. The summed E-state index contributed by atoms with van der Waals surface area (Å²) in [5.74, 6) is -0.180. The lowest BCUT2D eigenvalue weighted by Crippen LogP contribution is -2.20. The first-order chi connectivity index (χ1) is 10.6. The summed E-state index contributed by atoms with van der Waals surface area (Å²) in [6, 6.07) is 10.1. The van der Waals surface area contributed by atoms with E-state index in [-0.39, 0.29) is 11.6 Å². The zero-order valence-corrected chi connectivity index (χ0v) is 12.1. The molecule has 2 aromatic carbocycles. The van der Waals surface area contributed by atoms with Gasteiger partial charge >= 0.3 is 0 Å².